The highest BCUT2D eigenvalue weighted by Gasteiger charge is 2.58. The van der Waals surface area contributed by atoms with Crippen molar-refractivity contribution in [3.05, 3.63) is 10.6 Å². The Labute approximate surface area is 165 Å². The topological polar surface area (TPSA) is 85.4 Å². The smallest absolute Gasteiger partial charge is 0.309 e. The number of carbonyl (C=O) groups is 1. The van der Waals surface area contributed by atoms with Gasteiger partial charge >= 0.3 is 5.97 Å². The third kappa shape index (κ3) is 3.09. The van der Waals surface area contributed by atoms with Crippen LogP contribution in [0, 0.1) is 23.2 Å². The Morgan fingerprint density at radius 2 is 2.07 bits per heavy atom. The normalized spacial score (nSPS) is 37.9. The van der Waals surface area contributed by atoms with Crippen molar-refractivity contribution in [1.82, 2.24) is 4.98 Å². The van der Waals surface area contributed by atoms with Crippen LogP contribution in [0.1, 0.15) is 63.4 Å². The molecule has 4 rings (SSSR count). The number of thiazole rings is 1. The van der Waals surface area contributed by atoms with Gasteiger partial charge in [-0.05, 0) is 31.1 Å². The van der Waals surface area contributed by atoms with Crippen LogP contribution in [-0.2, 0) is 26.0 Å². The summed E-state index contributed by atoms with van der Waals surface area (Å²) in [6, 6.07) is 0. The lowest BCUT2D eigenvalue weighted by atomic mass is 9.54. The number of rotatable bonds is 4. The molecule has 0 unspecified atom stereocenters. The molecule has 27 heavy (non-hydrogen) atoms. The number of sulfonamides is 1. The van der Waals surface area contributed by atoms with E-state index in [4.69, 9.17) is 4.74 Å². The molecule has 150 valence electrons. The first-order chi connectivity index (χ1) is 12.6. The summed E-state index contributed by atoms with van der Waals surface area (Å²) < 4.78 is 32.7. The number of fused-ring (bicyclic) bond motifs is 4. The molecule has 8 heteroatoms. The van der Waals surface area contributed by atoms with E-state index < -0.39 is 10.0 Å². The summed E-state index contributed by atoms with van der Waals surface area (Å²) in [7, 11) is -3.34. The van der Waals surface area contributed by atoms with Gasteiger partial charge in [0.25, 0.3) is 0 Å². The van der Waals surface area contributed by atoms with Crippen molar-refractivity contribution in [2.24, 2.45) is 23.2 Å². The lowest BCUT2D eigenvalue weighted by Gasteiger charge is -2.51. The fourth-order valence-electron chi connectivity index (χ4n) is 5.58. The second-order valence-corrected chi connectivity index (χ2v) is 11.7. The van der Waals surface area contributed by atoms with E-state index in [1.54, 1.807) is 0 Å². The molecule has 0 aromatic carbocycles. The van der Waals surface area contributed by atoms with Crippen molar-refractivity contribution in [3.63, 3.8) is 0 Å². The molecule has 1 aliphatic heterocycles. The van der Waals surface area contributed by atoms with Crippen molar-refractivity contribution in [3.8, 4) is 0 Å². The number of hydrogen-bond acceptors (Lipinski definition) is 6. The summed E-state index contributed by atoms with van der Waals surface area (Å²) in [5.74, 6) is 0.675. The first-order valence-corrected chi connectivity index (χ1v) is 12.3. The summed E-state index contributed by atoms with van der Waals surface area (Å²) in [4.78, 5) is 18.0. The molecule has 1 aromatic rings. The van der Waals surface area contributed by atoms with Gasteiger partial charge in [-0.1, -0.05) is 27.7 Å². The molecule has 6 nitrogen and oxygen atoms in total. The molecule has 0 radical (unpaired) electrons. The van der Waals surface area contributed by atoms with E-state index in [0.29, 0.717) is 17.5 Å². The van der Waals surface area contributed by atoms with E-state index in [9.17, 15) is 13.2 Å². The van der Waals surface area contributed by atoms with Gasteiger partial charge in [-0.3, -0.25) is 9.52 Å². The average molecular weight is 413 g/mol. The summed E-state index contributed by atoms with van der Waals surface area (Å²) in [5, 5.41) is 0.468. The summed E-state index contributed by atoms with van der Waals surface area (Å²) >= 11 is 1.46. The SMILES string of the molecule is CCCS(=O)(=O)Nc1nc2c(s1)C[C@]1(C)CC[C@@H]3[C@H](OC(=O)[C@H]3C)[C@H]1[C@@H]2C. The van der Waals surface area contributed by atoms with E-state index in [0.717, 1.165) is 25.0 Å². The molecule has 1 saturated carbocycles. The molecule has 3 aliphatic rings. The molecule has 6 atom stereocenters. The second-order valence-electron chi connectivity index (χ2n) is 8.79. The third-order valence-corrected chi connectivity index (χ3v) is 9.44. The summed E-state index contributed by atoms with van der Waals surface area (Å²) in [5.41, 5.74) is 1.04. The predicted octanol–water partition coefficient (Wildman–Crippen LogP) is 3.55. The van der Waals surface area contributed by atoms with E-state index in [2.05, 4.69) is 23.6 Å². The summed E-state index contributed by atoms with van der Waals surface area (Å²) in [6.45, 7) is 8.28. The van der Waals surface area contributed by atoms with Crippen LogP contribution in [0.4, 0.5) is 5.13 Å². The number of nitrogens with one attached hydrogen (secondary N) is 1. The lowest BCUT2D eigenvalue weighted by molar-refractivity contribution is -0.149. The van der Waals surface area contributed by atoms with Crippen molar-refractivity contribution in [1.29, 1.82) is 0 Å². The Kier molecular flexibility index (Phi) is 4.57. The van der Waals surface area contributed by atoms with E-state index in [1.165, 1.54) is 16.2 Å². The lowest BCUT2D eigenvalue weighted by Crippen LogP contribution is -2.50. The Balaban J connectivity index is 1.66. The number of carbonyl (C=O) groups excluding carboxylic acids is 1. The largest absolute Gasteiger partial charge is 0.461 e. The van der Waals surface area contributed by atoms with E-state index in [-0.39, 0.29) is 41.0 Å². The highest BCUT2D eigenvalue weighted by atomic mass is 32.2. The van der Waals surface area contributed by atoms with Crippen molar-refractivity contribution in [2.45, 2.75) is 65.4 Å². The van der Waals surface area contributed by atoms with Crippen LogP contribution in [0.5, 0.6) is 0 Å². The van der Waals surface area contributed by atoms with Gasteiger partial charge in [-0.2, -0.15) is 0 Å². The van der Waals surface area contributed by atoms with Crippen LogP contribution in [0.2, 0.25) is 0 Å². The van der Waals surface area contributed by atoms with Crippen molar-refractivity contribution >= 4 is 32.5 Å². The fraction of sp³-hybridized carbons (Fsp3) is 0.789. The minimum Gasteiger partial charge on any atom is -0.461 e. The maximum absolute atomic E-state index is 12.2. The van der Waals surface area contributed by atoms with Crippen LogP contribution in [0.25, 0.3) is 0 Å². The van der Waals surface area contributed by atoms with Crippen molar-refractivity contribution < 1.29 is 17.9 Å². The molecule has 1 N–H and O–H groups in total. The predicted molar refractivity (Wildman–Crippen MR) is 105 cm³/mol. The van der Waals surface area contributed by atoms with Crippen LogP contribution in [0.3, 0.4) is 0 Å². The molecule has 1 saturated heterocycles. The minimum atomic E-state index is -3.34. The van der Waals surface area contributed by atoms with Gasteiger partial charge < -0.3 is 4.74 Å². The highest BCUT2D eigenvalue weighted by Crippen LogP contribution is 2.59. The Morgan fingerprint density at radius 1 is 1.33 bits per heavy atom. The molecule has 0 spiro atoms. The zero-order valence-corrected chi connectivity index (χ0v) is 18.0. The molecular weight excluding hydrogens is 384 g/mol. The number of hydrogen-bond donors (Lipinski definition) is 1. The minimum absolute atomic E-state index is 0.0278. The number of esters is 1. The zero-order valence-electron chi connectivity index (χ0n) is 16.3. The van der Waals surface area contributed by atoms with Gasteiger partial charge in [-0.25, -0.2) is 13.4 Å². The Hall–Kier alpha value is -1.15. The first kappa shape index (κ1) is 19.2. The molecule has 0 amide bonds. The maximum atomic E-state index is 12.2. The highest BCUT2D eigenvalue weighted by molar-refractivity contribution is 7.92. The fourth-order valence-corrected chi connectivity index (χ4v) is 8.19. The molecule has 2 heterocycles. The van der Waals surface area contributed by atoms with Crippen LogP contribution in [-0.4, -0.2) is 31.2 Å². The molecule has 2 aliphatic carbocycles. The molecule has 0 bridgehead atoms. The average Bonchev–Trinajstić information content (AvgIpc) is 3.07. The van der Waals surface area contributed by atoms with Gasteiger partial charge in [0.2, 0.25) is 10.0 Å². The van der Waals surface area contributed by atoms with Crippen LogP contribution in [0.15, 0.2) is 0 Å². The number of aromatic nitrogens is 1. The number of nitrogens with zero attached hydrogens (tertiary/aromatic N) is 1. The second kappa shape index (κ2) is 6.44. The van der Waals surface area contributed by atoms with Crippen molar-refractivity contribution in [2.75, 3.05) is 10.5 Å². The summed E-state index contributed by atoms with van der Waals surface area (Å²) in [6.07, 6.45) is 3.49. The van der Waals surface area contributed by atoms with Gasteiger partial charge in [0.1, 0.15) is 6.10 Å². The monoisotopic (exact) mass is 412 g/mol. The Morgan fingerprint density at radius 3 is 2.78 bits per heavy atom. The number of ether oxygens (including phenoxy) is 1. The standard InChI is InChI=1S/C19H28N2O4S2/c1-5-8-27(23,24)21-18-20-15-11(3)14-16-12(10(2)17(22)25-16)6-7-19(14,4)9-13(15)26-18/h10-12,14,16H,5-9H2,1-4H3,(H,20,21)/t10-,11-,12-,14+,16-,19-/m0/s1. The van der Waals surface area contributed by atoms with E-state index >= 15 is 0 Å². The molecule has 1 aromatic heterocycles. The van der Waals surface area contributed by atoms with Crippen LogP contribution < -0.4 is 4.72 Å². The third-order valence-electron chi connectivity index (χ3n) is 6.87. The quantitative estimate of drug-likeness (QED) is 0.765. The molecule has 2 fully saturated rings. The Bertz CT molecular complexity index is 865. The van der Waals surface area contributed by atoms with Gasteiger partial charge in [0.15, 0.2) is 5.13 Å². The van der Waals surface area contributed by atoms with Gasteiger partial charge in [0.05, 0.1) is 17.4 Å². The first-order valence-electron chi connectivity index (χ1n) is 9.86. The van der Waals surface area contributed by atoms with Crippen LogP contribution >= 0.6 is 11.3 Å². The zero-order chi connectivity index (χ0) is 19.6. The van der Waals surface area contributed by atoms with Gasteiger partial charge in [0, 0.05) is 22.6 Å². The molecular formula is C19H28N2O4S2. The van der Waals surface area contributed by atoms with Gasteiger partial charge in [-0.15, -0.1) is 11.3 Å². The maximum Gasteiger partial charge on any atom is 0.309 e. The van der Waals surface area contributed by atoms with E-state index in [1.807, 2.05) is 13.8 Å². The number of anilines is 1.